The van der Waals surface area contributed by atoms with Crippen LogP contribution in [0.3, 0.4) is 0 Å². The highest BCUT2D eigenvalue weighted by atomic mass is 16.5. The van der Waals surface area contributed by atoms with Crippen molar-refractivity contribution in [2.75, 3.05) is 17.3 Å². The number of fused-ring (bicyclic) bond motifs is 1. The Morgan fingerprint density at radius 2 is 2.04 bits per heavy atom. The molecule has 0 saturated carbocycles. The van der Waals surface area contributed by atoms with Crippen molar-refractivity contribution < 1.29 is 9.53 Å². The van der Waals surface area contributed by atoms with E-state index in [1.165, 1.54) is 0 Å². The van der Waals surface area contributed by atoms with Crippen LogP contribution in [0.1, 0.15) is 22.2 Å². The number of rotatable bonds is 4. The minimum atomic E-state index is -0.495. The lowest BCUT2D eigenvalue weighted by atomic mass is 10.2. The number of carbonyl (C=O) groups excluding carboxylic acids is 1. The lowest BCUT2D eigenvalue weighted by Crippen LogP contribution is -2.25. The average molecular weight is 347 g/mol. The zero-order valence-electron chi connectivity index (χ0n) is 14.1. The van der Waals surface area contributed by atoms with Gasteiger partial charge >= 0.3 is 0 Å². The Bertz CT molecular complexity index is 975. The van der Waals surface area contributed by atoms with E-state index in [2.05, 4.69) is 15.3 Å². The van der Waals surface area contributed by atoms with Gasteiger partial charge in [0.05, 0.1) is 24.2 Å². The van der Waals surface area contributed by atoms with Crippen LogP contribution < -0.4 is 20.7 Å². The van der Waals surface area contributed by atoms with Crippen molar-refractivity contribution in [3.05, 3.63) is 72.1 Å². The number of nitrogens with one attached hydrogen (secondary N) is 1. The fraction of sp³-hybridized carbons (Fsp3) is 0.105. The second kappa shape index (κ2) is 6.36. The lowest BCUT2D eigenvalue weighted by Gasteiger charge is -2.26. The lowest BCUT2D eigenvalue weighted by molar-refractivity contribution is 0.1000. The number of pyridine rings is 2. The molecule has 0 saturated heterocycles. The molecular weight excluding hydrogens is 330 g/mol. The standard InChI is InChI=1S/C19H17N5O2/c1-26-17-8-4-6-14(22-17)19-23-13-5-2-3-7-15(13)24(19)16-11-12(18(20)25)9-10-21-16/h2-11,19,23H,1H3,(H2,20,25). The van der Waals surface area contributed by atoms with E-state index >= 15 is 0 Å². The van der Waals surface area contributed by atoms with Gasteiger partial charge in [-0.05, 0) is 30.3 Å². The van der Waals surface area contributed by atoms with E-state index in [0.29, 0.717) is 17.3 Å². The topological polar surface area (TPSA) is 93.4 Å². The molecule has 0 bridgehead atoms. The van der Waals surface area contributed by atoms with Crippen LogP contribution in [-0.4, -0.2) is 23.0 Å². The Hall–Kier alpha value is -3.61. The average Bonchev–Trinajstić information content (AvgIpc) is 3.07. The van der Waals surface area contributed by atoms with E-state index in [-0.39, 0.29) is 6.17 Å². The first-order valence-electron chi connectivity index (χ1n) is 8.09. The maximum atomic E-state index is 11.6. The van der Waals surface area contributed by atoms with Crippen LogP contribution in [0.5, 0.6) is 5.88 Å². The maximum Gasteiger partial charge on any atom is 0.248 e. The predicted molar refractivity (Wildman–Crippen MR) is 98.5 cm³/mol. The first-order valence-corrected chi connectivity index (χ1v) is 8.09. The molecule has 2 aromatic heterocycles. The first-order chi connectivity index (χ1) is 12.7. The van der Waals surface area contributed by atoms with E-state index in [1.54, 1.807) is 31.5 Å². The molecule has 0 fully saturated rings. The quantitative estimate of drug-likeness (QED) is 0.754. The molecule has 4 rings (SSSR count). The molecule has 3 N–H and O–H groups in total. The van der Waals surface area contributed by atoms with Gasteiger partial charge in [-0.2, -0.15) is 0 Å². The predicted octanol–water partition coefficient (Wildman–Crippen LogP) is 2.85. The fourth-order valence-corrected chi connectivity index (χ4v) is 3.02. The van der Waals surface area contributed by atoms with Crippen molar-refractivity contribution in [2.24, 2.45) is 5.73 Å². The number of anilines is 3. The molecule has 7 heteroatoms. The highest BCUT2D eigenvalue weighted by molar-refractivity contribution is 5.94. The van der Waals surface area contributed by atoms with Gasteiger partial charge in [-0.25, -0.2) is 9.97 Å². The Labute approximate surface area is 150 Å². The van der Waals surface area contributed by atoms with Gasteiger partial charge in [0.2, 0.25) is 11.8 Å². The van der Waals surface area contributed by atoms with E-state index in [4.69, 9.17) is 10.5 Å². The summed E-state index contributed by atoms with van der Waals surface area (Å²) >= 11 is 0. The van der Waals surface area contributed by atoms with Crippen molar-refractivity contribution in [3.8, 4) is 5.88 Å². The third-order valence-electron chi connectivity index (χ3n) is 4.23. The first kappa shape index (κ1) is 15.9. The van der Waals surface area contributed by atoms with Crippen molar-refractivity contribution in [1.29, 1.82) is 0 Å². The summed E-state index contributed by atoms with van der Waals surface area (Å²) in [5.74, 6) is 0.637. The molecule has 7 nitrogen and oxygen atoms in total. The third-order valence-corrected chi connectivity index (χ3v) is 4.23. The summed E-state index contributed by atoms with van der Waals surface area (Å²) in [5.41, 5.74) is 8.49. The van der Waals surface area contributed by atoms with Crippen LogP contribution in [-0.2, 0) is 0 Å². The SMILES string of the molecule is COc1cccc(C2Nc3ccccc3N2c2cc(C(N)=O)ccn2)n1. The molecule has 130 valence electrons. The van der Waals surface area contributed by atoms with Crippen molar-refractivity contribution in [3.63, 3.8) is 0 Å². The molecule has 1 aliphatic rings. The number of ether oxygens (including phenoxy) is 1. The minimum Gasteiger partial charge on any atom is -0.481 e. The van der Waals surface area contributed by atoms with Gasteiger partial charge in [0, 0.05) is 17.8 Å². The Morgan fingerprint density at radius 3 is 2.85 bits per heavy atom. The van der Waals surface area contributed by atoms with Crippen molar-refractivity contribution in [1.82, 2.24) is 9.97 Å². The highest BCUT2D eigenvalue weighted by Gasteiger charge is 2.33. The van der Waals surface area contributed by atoms with Crippen LogP contribution in [0.25, 0.3) is 0 Å². The number of aromatic nitrogens is 2. The molecule has 1 amide bonds. The van der Waals surface area contributed by atoms with E-state index < -0.39 is 5.91 Å². The molecule has 26 heavy (non-hydrogen) atoms. The van der Waals surface area contributed by atoms with E-state index in [0.717, 1.165) is 17.1 Å². The number of hydrogen-bond donors (Lipinski definition) is 2. The summed E-state index contributed by atoms with van der Waals surface area (Å²) in [6.07, 6.45) is 1.28. The molecule has 1 aromatic carbocycles. The van der Waals surface area contributed by atoms with Gasteiger partial charge < -0.3 is 15.8 Å². The molecule has 1 unspecified atom stereocenters. The summed E-state index contributed by atoms with van der Waals surface area (Å²) in [4.78, 5) is 22.6. The number of hydrogen-bond acceptors (Lipinski definition) is 6. The molecule has 3 heterocycles. The number of primary amides is 1. The summed E-state index contributed by atoms with van der Waals surface area (Å²) in [5, 5.41) is 3.45. The Kier molecular flexibility index (Phi) is 3.89. The third kappa shape index (κ3) is 2.69. The molecule has 1 aliphatic heterocycles. The second-order valence-electron chi connectivity index (χ2n) is 5.81. The van der Waals surface area contributed by atoms with Gasteiger partial charge in [-0.1, -0.05) is 18.2 Å². The minimum absolute atomic E-state index is 0.293. The number of carbonyl (C=O) groups is 1. The molecule has 0 aliphatic carbocycles. The van der Waals surface area contributed by atoms with Crippen LogP contribution in [0.4, 0.5) is 17.2 Å². The summed E-state index contributed by atoms with van der Waals surface area (Å²) < 4.78 is 5.25. The largest absolute Gasteiger partial charge is 0.481 e. The second-order valence-corrected chi connectivity index (χ2v) is 5.81. The summed E-state index contributed by atoms with van der Waals surface area (Å²) in [7, 11) is 1.58. The number of benzene rings is 1. The molecule has 0 spiro atoms. The summed E-state index contributed by atoms with van der Waals surface area (Å²) in [6, 6.07) is 16.8. The Morgan fingerprint density at radius 1 is 1.19 bits per heavy atom. The molecule has 0 radical (unpaired) electrons. The van der Waals surface area contributed by atoms with E-state index in [1.807, 2.05) is 41.3 Å². The van der Waals surface area contributed by atoms with E-state index in [9.17, 15) is 4.79 Å². The number of nitrogens with zero attached hydrogens (tertiary/aromatic N) is 3. The highest BCUT2D eigenvalue weighted by Crippen LogP contribution is 2.44. The van der Waals surface area contributed by atoms with Gasteiger partial charge in [0.25, 0.3) is 0 Å². The maximum absolute atomic E-state index is 11.6. The normalized spacial score (nSPS) is 15.3. The van der Waals surface area contributed by atoms with Gasteiger partial charge in [-0.3, -0.25) is 9.69 Å². The zero-order chi connectivity index (χ0) is 18.1. The molecule has 1 atom stereocenters. The van der Waals surface area contributed by atoms with Gasteiger partial charge in [0.15, 0.2) is 0 Å². The van der Waals surface area contributed by atoms with Crippen molar-refractivity contribution >= 4 is 23.1 Å². The van der Waals surface area contributed by atoms with Crippen LogP contribution in [0.15, 0.2) is 60.8 Å². The van der Waals surface area contributed by atoms with Crippen LogP contribution >= 0.6 is 0 Å². The van der Waals surface area contributed by atoms with Crippen LogP contribution in [0.2, 0.25) is 0 Å². The fourth-order valence-electron chi connectivity index (χ4n) is 3.02. The molecule has 3 aromatic rings. The van der Waals surface area contributed by atoms with Gasteiger partial charge in [0.1, 0.15) is 12.0 Å². The summed E-state index contributed by atoms with van der Waals surface area (Å²) in [6.45, 7) is 0. The number of nitrogens with two attached hydrogens (primary N) is 1. The smallest absolute Gasteiger partial charge is 0.248 e. The zero-order valence-corrected chi connectivity index (χ0v) is 14.1. The number of methoxy groups -OCH3 is 1. The van der Waals surface area contributed by atoms with Crippen molar-refractivity contribution in [2.45, 2.75) is 6.17 Å². The molecular formula is C19H17N5O2. The number of amides is 1. The van der Waals surface area contributed by atoms with Crippen LogP contribution in [0, 0.1) is 0 Å². The Balaban J connectivity index is 1.84. The monoisotopic (exact) mass is 347 g/mol. The number of para-hydroxylation sites is 2. The van der Waals surface area contributed by atoms with Gasteiger partial charge in [-0.15, -0.1) is 0 Å².